The first-order chi connectivity index (χ1) is 9.42. The molecular weight excluding hydrogens is 234 g/mol. The zero-order valence-corrected chi connectivity index (χ0v) is 12.1. The highest BCUT2D eigenvalue weighted by Gasteiger charge is 2.25. The molecule has 1 aromatic rings. The third-order valence-corrected chi connectivity index (χ3v) is 4.07. The predicted octanol–water partition coefficient (Wildman–Crippen LogP) is 3.73. The molecule has 2 atom stereocenters. The number of rotatable bonds is 7. The molecule has 0 spiro atoms. The van der Waals surface area contributed by atoms with Crippen LogP contribution in [0.2, 0.25) is 0 Å². The Morgan fingerprint density at radius 2 is 1.95 bits per heavy atom. The van der Waals surface area contributed by atoms with Crippen LogP contribution in [0.3, 0.4) is 0 Å². The fraction of sp³-hybridized carbons (Fsp3) is 0.647. The third-order valence-electron chi connectivity index (χ3n) is 4.07. The van der Waals surface area contributed by atoms with Crippen LogP contribution in [0.4, 0.5) is 0 Å². The number of hydrogen-bond donors (Lipinski definition) is 1. The van der Waals surface area contributed by atoms with Crippen LogP contribution < -0.4 is 5.32 Å². The monoisotopic (exact) mass is 261 g/mol. The van der Waals surface area contributed by atoms with Gasteiger partial charge in [-0.2, -0.15) is 0 Å². The lowest BCUT2D eigenvalue weighted by Crippen LogP contribution is -2.38. The van der Waals surface area contributed by atoms with E-state index in [4.69, 9.17) is 4.74 Å². The van der Waals surface area contributed by atoms with Crippen molar-refractivity contribution in [1.82, 2.24) is 5.32 Å². The molecule has 1 aliphatic carbocycles. The van der Waals surface area contributed by atoms with Gasteiger partial charge in [0, 0.05) is 19.3 Å². The largest absolute Gasteiger partial charge is 0.382 e. The molecule has 2 heteroatoms. The summed E-state index contributed by atoms with van der Waals surface area (Å²) < 4.78 is 5.39. The molecule has 2 rings (SSSR count). The molecule has 2 nitrogen and oxygen atoms in total. The standard InChI is InChI=1S/C17H27NO/c1-2-19-14-8-13-18-17-12-7-6-11-16(17)15-9-4-3-5-10-15/h3-5,9-10,16-18H,2,6-8,11-14H2,1H3. The van der Waals surface area contributed by atoms with Crippen molar-refractivity contribution >= 4 is 0 Å². The molecule has 106 valence electrons. The summed E-state index contributed by atoms with van der Waals surface area (Å²) in [5, 5.41) is 3.75. The van der Waals surface area contributed by atoms with Gasteiger partial charge in [0.25, 0.3) is 0 Å². The molecule has 19 heavy (non-hydrogen) atoms. The van der Waals surface area contributed by atoms with Gasteiger partial charge in [0.2, 0.25) is 0 Å². The molecule has 0 radical (unpaired) electrons. The van der Waals surface area contributed by atoms with Gasteiger partial charge in [0.15, 0.2) is 0 Å². The number of benzene rings is 1. The summed E-state index contributed by atoms with van der Waals surface area (Å²) in [7, 11) is 0. The summed E-state index contributed by atoms with van der Waals surface area (Å²) in [5.74, 6) is 0.696. The Bertz CT molecular complexity index is 338. The third kappa shape index (κ3) is 4.63. The zero-order valence-electron chi connectivity index (χ0n) is 12.1. The average molecular weight is 261 g/mol. The summed E-state index contributed by atoms with van der Waals surface area (Å²) >= 11 is 0. The van der Waals surface area contributed by atoms with Crippen LogP contribution in [0.25, 0.3) is 0 Å². The van der Waals surface area contributed by atoms with E-state index in [9.17, 15) is 0 Å². The minimum atomic E-state index is 0.651. The molecule has 1 aromatic carbocycles. The first-order valence-corrected chi connectivity index (χ1v) is 7.78. The summed E-state index contributed by atoms with van der Waals surface area (Å²) in [6.45, 7) is 4.84. The van der Waals surface area contributed by atoms with Crippen LogP contribution in [0.15, 0.2) is 30.3 Å². The maximum atomic E-state index is 5.39. The molecule has 0 bridgehead atoms. The van der Waals surface area contributed by atoms with Gasteiger partial charge in [-0.25, -0.2) is 0 Å². The molecular formula is C17H27NO. The Morgan fingerprint density at radius 3 is 2.74 bits per heavy atom. The Kier molecular flexibility index (Phi) is 6.38. The van der Waals surface area contributed by atoms with E-state index in [2.05, 4.69) is 42.6 Å². The molecule has 1 saturated carbocycles. The Balaban J connectivity index is 1.83. The highest BCUT2D eigenvalue weighted by molar-refractivity contribution is 5.21. The number of ether oxygens (including phenoxy) is 1. The summed E-state index contributed by atoms with van der Waals surface area (Å²) in [4.78, 5) is 0. The van der Waals surface area contributed by atoms with Crippen molar-refractivity contribution < 1.29 is 4.74 Å². The lowest BCUT2D eigenvalue weighted by Gasteiger charge is -2.33. The van der Waals surface area contributed by atoms with Crippen molar-refractivity contribution in [2.45, 2.75) is 51.0 Å². The maximum absolute atomic E-state index is 5.39. The van der Waals surface area contributed by atoms with E-state index < -0.39 is 0 Å². The summed E-state index contributed by atoms with van der Waals surface area (Å²) in [5.41, 5.74) is 1.50. The van der Waals surface area contributed by atoms with Crippen molar-refractivity contribution in [2.75, 3.05) is 19.8 Å². The molecule has 1 aliphatic rings. The van der Waals surface area contributed by atoms with E-state index in [1.165, 1.54) is 31.2 Å². The van der Waals surface area contributed by atoms with Gasteiger partial charge >= 0.3 is 0 Å². The van der Waals surface area contributed by atoms with E-state index in [-0.39, 0.29) is 0 Å². The summed E-state index contributed by atoms with van der Waals surface area (Å²) in [6, 6.07) is 11.6. The van der Waals surface area contributed by atoms with Crippen LogP contribution in [-0.2, 0) is 4.74 Å². The second-order valence-corrected chi connectivity index (χ2v) is 5.41. The first kappa shape index (κ1) is 14.5. The van der Waals surface area contributed by atoms with Gasteiger partial charge in [-0.1, -0.05) is 43.2 Å². The molecule has 1 fully saturated rings. The van der Waals surface area contributed by atoms with E-state index in [0.29, 0.717) is 12.0 Å². The minimum absolute atomic E-state index is 0.651. The highest BCUT2D eigenvalue weighted by Crippen LogP contribution is 2.32. The molecule has 0 aliphatic heterocycles. The van der Waals surface area contributed by atoms with Crippen LogP contribution in [0.5, 0.6) is 0 Å². The average Bonchev–Trinajstić information content (AvgIpc) is 2.48. The van der Waals surface area contributed by atoms with E-state index in [1.54, 1.807) is 0 Å². The van der Waals surface area contributed by atoms with Gasteiger partial charge in [0.05, 0.1) is 0 Å². The lowest BCUT2D eigenvalue weighted by molar-refractivity contribution is 0.143. The topological polar surface area (TPSA) is 21.3 Å². The fourth-order valence-electron chi connectivity index (χ4n) is 3.08. The van der Waals surface area contributed by atoms with Crippen molar-refractivity contribution in [1.29, 1.82) is 0 Å². The normalized spacial score (nSPS) is 23.4. The molecule has 0 aromatic heterocycles. The maximum Gasteiger partial charge on any atom is 0.0477 e. The Morgan fingerprint density at radius 1 is 1.16 bits per heavy atom. The zero-order chi connectivity index (χ0) is 13.3. The van der Waals surface area contributed by atoms with Crippen molar-refractivity contribution in [3.8, 4) is 0 Å². The van der Waals surface area contributed by atoms with E-state index in [1.807, 2.05) is 0 Å². The number of nitrogens with one attached hydrogen (secondary N) is 1. The molecule has 0 heterocycles. The van der Waals surface area contributed by atoms with Crippen molar-refractivity contribution in [3.05, 3.63) is 35.9 Å². The lowest BCUT2D eigenvalue weighted by atomic mass is 9.80. The SMILES string of the molecule is CCOCCCNC1CCCCC1c1ccccc1. The summed E-state index contributed by atoms with van der Waals surface area (Å²) in [6.07, 6.45) is 6.50. The predicted molar refractivity (Wildman–Crippen MR) is 80.6 cm³/mol. The van der Waals surface area contributed by atoms with E-state index >= 15 is 0 Å². The van der Waals surface area contributed by atoms with Gasteiger partial charge < -0.3 is 10.1 Å². The highest BCUT2D eigenvalue weighted by atomic mass is 16.5. The van der Waals surface area contributed by atoms with Crippen LogP contribution in [0.1, 0.15) is 50.5 Å². The van der Waals surface area contributed by atoms with E-state index in [0.717, 1.165) is 26.2 Å². The fourth-order valence-corrected chi connectivity index (χ4v) is 3.08. The van der Waals surface area contributed by atoms with Gasteiger partial charge in [0.1, 0.15) is 0 Å². The first-order valence-electron chi connectivity index (χ1n) is 7.78. The molecule has 2 unspecified atom stereocenters. The minimum Gasteiger partial charge on any atom is -0.382 e. The second-order valence-electron chi connectivity index (χ2n) is 5.41. The molecule has 0 amide bonds. The Hall–Kier alpha value is -0.860. The van der Waals surface area contributed by atoms with Crippen LogP contribution in [-0.4, -0.2) is 25.8 Å². The quantitative estimate of drug-likeness (QED) is 0.755. The van der Waals surface area contributed by atoms with Gasteiger partial charge in [-0.05, 0) is 44.2 Å². The van der Waals surface area contributed by atoms with Crippen molar-refractivity contribution in [3.63, 3.8) is 0 Å². The van der Waals surface area contributed by atoms with Crippen LogP contribution in [0, 0.1) is 0 Å². The smallest absolute Gasteiger partial charge is 0.0477 e. The van der Waals surface area contributed by atoms with Crippen molar-refractivity contribution in [2.24, 2.45) is 0 Å². The molecule has 0 saturated heterocycles. The molecule has 1 N–H and O–H groups in total. The van der Waals surface area contributed by atoms with Gasteiger partial charge in [-0.15, -0.1) is 0 Å². The van der Waals surface area contributed by atoms with Crippen LogP contribution >= 0.6 is 0 Å². The van der Waals surface area contributed by atoms with Gasteiger partial charge in [-0.3, -0.25) is 0 Å². The number of hydrogen-bond acceptors (Lipinski definition) is 2. The second kappa shape index (κ2) is 8.34. The Labute approximate surface area is 117 Å².